The minimum atomic E-state index is -0.394. The van der Waals surface area contributed by atoms with Gasteiger partial charge in [-0.3, -0.25) is 10.1 Å². The van der Waals surface area contributed by atoms with E-state index >= 15 is 0 Å². The Morgan fingerprint density at radius 1 is 1.43 bits per heavy atom. The second kappa shape index (κ2) is 7.73. The molecule has 1 fully saturated rings. The fourth-order valence-electron chi connectivity index (χ4n) is 2.56. The molecule has 5 nitrogen and oxygen atoms in total. The van der Waals surface area contributed by atoms with Gasteiger partial charge >= 0.3 is 0 Å². The number of likely N-dealkylation sites (tertiary alicyclic amines) is 1. The Bertz CT molecular complexity index is 488. The fraction of sp³-hybridized carbons (Fsp3) is 0.600. The maximum absolute atomic E-state index is 10.8. The van der Waals surface area contributed by atoms with Crippen molar-refractivity contribution >= 4 is 17.3 Å². The molecule has 0 amide bonds. The van der Waals surface area contributed by atoms with E-state index in [9.17, 15) is 10.1 Å². The third kappa shape index (κ3) is 4.95. The lowest BCUT2D eigenvalue weighted by Gasteiger charge is -2.30. The zero-order chi connectivity index (χ0) is 15.2. The molecule has 1 aliphatic heterocycles. The van der Waals surface area contributed by atoms with Gasteiger partial charge in [-0.25, -0.2) is 0 Å². The summed E-state index contributed by atoms with van der Waals surface area (Å²) < 4.78 is 0. The molecule has 1 aliphatic rings. The lowest BCUT2D eigenvalue weighted by Crippen LogP contribution is -2.37. The highest BCUT2D eigenvalue weighted by atomic mass is 35.5. The van der Waals surface area contributed by atoms with E-state index in [1.54, 1.807) is 6.07 Å². The molecule has 21 heavy (non-hydrogen) atoms. The quantitative estimate of drug-likeness (QED) is 0.498. The number of non-ortho nitro benzene ring substituents is 1. The van der Waals surface area contributed by atoms with Gasteiger partial charge in [0, 0.05) is 36.8 Å². The van der Waals surface area contributed by atoms with Gasteiger partial charge in [0.15, 0.2) is 0 Å². The van der Waals surface area contributed by atoms with Gasteiger partial charge in [-0.1, -0.05) is 18.5 Å². The molecule has 0 aromatic heterocycles. The molecule has 1 aromatic rings. The van der Waals surface area contributed by atoms with E-state index in [0.29, 0.717) is 11.6 Å². The number of hydrogen-bond donors (Lipinski definition) is 1. The zero-order valence-electron chi connectivity index (χ0n) is 12.3. The Morgan fingerprint density at radius 2 is 2.14 bits per heavy atom. The number of piperidine rings is 1. The normalized spacial score (nSPS) is 17.0. The summed E-state index contributed by atoms with van der Waals surface area (Å²) in [6.45, 7) is 7.08. The molecule has 1 heterocycles. The minimum Gasteiger partial charge on any atom is -0.311 e. The summed E-state index contributed by atoms with van der Waals surface area (Å²) >= 11 is 6.07. The molecule has 116 valence electrons. The number of halogens is 1. The monoisotopic (exact) mass is 311 g/mol. The number of nitrogens with one attached hydrogen (secondary N) is 1. The van der Waals surface area contributed by atoms with Gasteiger partial charge in [-0.15, -0.1) is 0 Å². The molecule has 6 heteroatoms. The molecule has 0 unspecified atom stereocenters. The van der Waals surface area contributed by atoms with Crippen molar-refractivity contribution < 1.29 is 4.92 Å². The molecule has 2 rings (SSSR count). The smallest absolute Gasteiger partial charge is 0.269 e. The molecule has 0 spiro atoms. The van der Waals surface area contributed by atoms with Crippen molar-refractivity contribution in [3.63, 3.8) is 0 Å². The van der Waals surface area contributed by atoms with E-state index in [4.69, 9.17) is 11.6 Å². The van der Waals surface area contributed by atoms with Crippen LogP contribution in [0.5, 0.6) is 0 Å². The Hall–Kier alpha value is -1.17. The second-order valence-corrected chi connectivity index (χ2v) is 6.14. The molecule has 1 aromatic carbocycles. The fourth-order valence-corrected chi connectivity index (χ4v) is 2.74. The molecule has 0 aliphatic carbocycles. The molecule has 0 atom stereocenters. The van der Waals surface area contributed by atoms with Gasteiger partial charge < -0.3 is 10.2 Å². The Balaban J connectivity index is 1.75. The Kier molecular flexibility index (Phi) is 5.96. The van der Waals surface area contributed by atoms with Gasteiger partial charge in [-0.05, 0) is 43.5 Å². The maximum Gasteiger partial charge on any atom is 0.269 e. The summed E-state index contributed by atoms with van der Waals surface area (Å²) in [5.74, 6) is 0.845. The highest BCUT2D eigenvalue weighted by Crippen LogP contribution is 2.21. The molecule has 0 radical (unpaired) electrons. The summed E-state index contributed by atoms with van der Waals surface area (Å²) in [5.41, 5.74) is 0.861. The van der Waals surface area contributed by atoms with Crippen LogP contribution in [-0.4, -0.2) is 36.0 Å². The number of nitro groups is 1. The first-order chi connectivity index (χ1) is 10.1. The first kappa shape index (κ1) is 16.2. The van der Waals surface area contributed by atoms with E-state index < -0.39 is 4.92 Å². The average molecular weight is 312 g/mol. The van der Waals surface area contributed by atoms with E-state index in [0.717, 1.165) is 24.6 Å². The van der Waals surface area contributed by atoms with E-state index in [-0.39, 0.29) is 5.69 Å². The van der Waals surface area contributed by atoms with Crippen LogP contribution in [0.2, 0.25) is 5.02 Å². The SMILES string of the molecule is CC1CCN(CCNCc2cc([N+](=O)[O-])ccc2Cl)CC1. The average Bonchev–Trinajstić information content (AvgIpc) is 2.47. The van der Waals surface area contributed by atoms with Crippen molar-refractivity contribution in [1.82, 2.24) is 10.2 Å². The number of nitro benzene ring substituents is 1. The van der Waals surface area contributed by atoms with Crippen LogP contribution in [0.25, 0.3) is 0 Å². The molecular weight excluding hydrogens is 290 g/mol. The van der Waals surface area contributed by atoms with Gasteiger partial charge in [0.1, 0.15) is 0 Å². The summed E-state index contributed by atoms with van der Waals surface area (Å²) in [4.78, 5) is 12.8. The molecular formula is C15H22ClN3O2. The van der Waals surface area contributed by atoms with Gasteiger partial charge in [-0.2, -0.15) is 0 Å². The molecule has 0 saturated carbocycles. The van der Waals surface area contributed by atoms with Gasteiger partial charge in [0.05, 0.1) is 4.92 Å². The van der Waals surface area contributed by atoms with Crippen LogP contribution in [0.15, 0.2) is 18.2 Å². The largest absolute Gasteiger partial charge is 0.311 e. The Morgan fingerprint density at radius 3 is 2.81 bits per heavy atom. The van der Waals surface area contributed by atoms with E-state index in [1.165, 1.54) is 38.1 Å². The summed E-state index contributed by atoms with van der Waals surface area (Å²) in [6, 6.07) is 4.56. The van der Waals surface area contributed by atoms with Crippen LogP contribution < -0.4 is 5.32 Å². The van der Waals surface area contributed by atoms with Crippen LogP contribution >= 0.6 is 11.6 Å². The van der Waals surface area contributed by atoms with Crippen LogP contribution in [-0.2, 0) is 6.54 Å². The number of rotatable bonds is 6. The number of nitrogens with zero attached hydrogens (tertiary/aromatic N) is 2. The van der Waals surface area contributed by atoms with Crippen LogP contribution in [0, 0.1) is 16.0 Å². The van der Waals surface area contributed by atoms with Crippen molar-refractivity contribution in [3.8, 4) is 0 Å². The van der Waals surface area contributed by atoms with Crippen molar-refractivity contribution in [2.75, 3.05) is 26.2 Å². The van der Waals surface area contributed by atoms with Crippen molar-refractivity contribution in [2.45, 2.75) is 26.3 Å². The van der Waals surface area contributed by atoms with Gasteiger partial charge in [0.2, 0.25) is 0 Å². The lowest BCUT2D eigenvalue weighted by atomic mass is 9.99. The number of benzene rings is 1. The third-order valence-electron chi connectivity index (χ3n) is 4.04. The lowest BCUT2D eigenvalue weighted by molar-refractivity contribution is -0.384. The topological polar surface area (TPSA) is 58.4 Å². The summed E-state index contributed by atoms with van der Waals surface area (Å²) in [5, 5.41) is 14.7. The number of hydrogen-bond acceptors (Lipinski definition) is 4. The standard InChI is InChI=1S/C15H22ClN3O2/c1-12-4-7-18(8-5-12)9-6-17-11-13-10-14(19(20)21)2-3-15(13)16/h2-3,10,12,17H,4-9,11H2,1H3. The predicted molar refractivity (Wildman–Crippen MR) is 84.7 cm³/mol. The van der Waals surface area contributed by atoms with Crippen molar-refractivity contribution in [3.05, 3.63) is 38.9 Å². The van der Waals surface area contributed by atoms with Crippen LogP contribution in [0.4, 0.5) is 5.69 Å². The van der Waals surface area contributed by atoms with E-state index in [1.807, 2.05) is 0 Å². The highest BCUT2D eigenvalue weighted by molar-refractivity contribution is 6.31. The van der Waals surface area contributed by atoms with Gasteiger partial charge in [0.25, 0.3) is 5.69 Å². The summed E-state index contributed by atoms with van der Waals surface area (Å²) in [6.07, 6.45) is 2.55. The van der Waals surface area contributed by atoms with Crippen LogP contribution in [0.3, 0.4) is 0 Å². The highest BCUT2D eigenvalue weighted by Gasteiger charge is 2.15. The first-order valence-corrected chi connectivity index (χ1v) is 7.80. The maximum atomic E-state index is 10.8. The molecule has 0 bridgehead atoms. The van der Waals surface area contributed by atoms with Crippen molar-refractivity contribution in [2.24, 2.45) is 5.92 Å². The molecule has 1 saturated heterocycles. The summed E-state index contributed by atoms with van der Waals surface area (Å²) in [7, 11) is 0. The third-order valence-corrected chi connectivity index (χ3v) is 4.41. The van der Waals surface area contributed by atoms with E-state index in [2.05, 4.69) is 17.1 Å². The van der Waals surface area contributed by atoms with Crippen LogP contribution in [0.1, 0.15) is 25.3 Å². The second-order valence-electron chi connectivity index (χ2n) is 5.73. The zero-order valence-corrected chi connectivity index (χ0v) is 13.1. The first-order valence-electron chi connectivity index (χ1n) is 7.42. The molecule has 1 N–H and O–H groups in total. The van der Waals surface area contributed by atoms with Crippen molar-refractivity contribution in [1.29, 1.82) is 0 Å². The Labute approximate surface area is 130 Å². The predicted octanol–water partition coefficient (Wildman–Crippen LogP) is 3.07. The minimum absolute atomic E-state index is 0.0845.